The topological polar surface area (TPSA) is 82.5 Å². The number of methoxy groups -OCH3 is 2. The zero-order chi connectivity index (χ0) is 18.3. The summed E-state index contributed by atoms with van der Waals surface area (Å²) in [4.78, 5) is 4.61. The normalized spacial score (nSPS) is 17.2. The maximum absolute atomic E-state index is 10.5. The number of benzene rings is 1. The second-order valence-corrected chi connectivity index (χ2v) is 7.05. The summed E-state index contributed by atoms with van der Waals surface area (Å²) < 4.78 is 13.6. The van der Waals surface area contributed by atoms with Crippen LogP contribution in [0.5, 0.6) is 5.75 Å². The molecule has 1 atom stereocenters. The van der Waals surface area contributed by atoms with Gasteiger partial charge in [-0.3, -0.25) is 4.57 Å². The molecule has 0 fully saturated rings. The van der Waals surface area contributed by atoms with Gasteiger partial charge in [-0.25, -0.2) is 4.98 Å². The highest BCUT2D eigenvalue weighted by Crippen LogP contribution is 2.42. The van der Waals surface area contributed by atoms with E-state index in [1.807, 2.05) is 36.4 Å². The van der Waals surface area contributed by atoms with Gasteiger partial charge in [0.25, 0.3) is 0 Å². The van der Waals surface area contributed by atoms with Crippen LogP contribution in [0.1, 0.15) is 6.42 Å². The number of thiazole rings is 1. The molecule has 0 bridgehead atoms. The number of hydrogen-bond acceptors (Lipinski definition) is 6. The molecule has 6 nitrogen and oxygen atoms in total. The van der Waals surface area contributed by atoms with Gasteiger partial charge in [-0.15, -0.1) is 11.3 Å². The highest BCUT2D eigenvalue weighted by Gasteiger charge is 2.23. The summed E-state index contributed by atoms with van der Waals surface area (Å²) in [5, 5.41) is 11.2. The summed E-state index contributed by atoms with van der Waals surface area (Å²) >= 11 is 1.50. The van der Waals surface area contributed by atoms with Crippen LogP contribution in [0.3, 0.4) is 0 Å². The average Bonchev–Trinajstić information content (AvgIpc) is 3.21. The number of para-hydroxylation sites is 1. The molecule has 1 aliphatic carbocycles. The second kappa shape index (κ2) is 6.51. The van der Waals surface area contributed by atoms with Gasteiger partial charge < -0.3 is 20.3 Å². The lowest BCUT2D eigenvalue weighted by molar-refractivity contribution is 0.122. The van der Waals surface area contributed by atoms with Crippen molar-refractivity contribution in [3.63, 3.8) is 0 Å². The van der Waals surface area contributed by atoms with Gasteiger partial charge in [-0.1, -0.05) is 12.1 Å². The van der Waals surface area contributed by atoms with Gasteiger partial charge in [0.05, 0.1) is 35.2 Å². The first kappa shape index (κ1) is 16.7. The Morgan fingerprint density at radius 2 is 2.12 bits per heavy atom. The zero-order valence-corrected chi connectivity index (χ0v) is 15.3. The number of aromatic nitrogens is 2. The van der Waals surface area contributed by atoms with Gasteiger partial charge in [-0.2, -0.15) is 0 Å². The molecule has 3 N–H and O–H groups in total. The first-order valence-electron chi connectivity index (χ1n) is 8.16. The summed E-state index contributed by atoms with van der Waals surface area (Å²) in [6.07, 6.45) is 6.01. The van der Waals surface area contributed by atoms with Crippen molar-refractivity contribution in [2.45, 2.75) is 12.5 Å². The van der Waals surface area contributed by atoms with Gasteiger partial charge >= 0.3 is 0 Å². The van der Waals surface area contributed by atoms with E-state index in [-0.39, 0.29) is 11.9 Å². The predicted octanol–water partition coefficient (Wildman–Crippen LogP) is 3.84. The summed E-state index contributed by atoms with van der Waals surface area (Å²) in [6.45, 7) is 0. The van der Waals surface area contributed by atoms with Crippen LogP contribution in [0.4, 0.5) is 5.82 Å². The summed E-state index contributed by atoms with van der Waals surface area (Å²) in [5.41, 5.74) is 8.60. The fourth-order valence-corrected chi connectivity index (χ4v) is 4.11. The van der Waals surface area contributed by atoms with Crippen LogP contribution >= 0.6 is 11.3 Å². The molecular formula is C19H19N3O3S. The van der Waals surface area contributed by atoms with E-state index in [1.54, 1.807) is 25.0 Å². The fourth-order valence-electron chi connectivity index (χ4n) is 3.08. The first-order chi connectivity index (χ1) is 12.6. The van der Waals surface area contributed by atoms with Crippen molar-refractivity contribution in [3.8, 4) is 16.3 Å². The van der Waals surface area contributed by atoms with Crippen molar-refractivity contribution in [1.29, 1.82) is 0 Å². The molecule has 0 aliphatic heterocycles. The minimum absolute atomic E-state index is 0.0920. The number of fused-ring (bicyclic) bond motifs is 1. The van der Waals surface area contributed by atoms with Crippen molar-refractivity contribution in [3.05, 3.63) is 48.4 Å². The van der Waals surface area contributed by atoms with Crippen molar-refractivity contribution in [2.75, 3.05) is 20.0 Å². The van der Waals surface area contributed by atoms with Crippen molar-refractivity contribution in [1.82, 2.24) is 9.55 Å². The Bertz CT molecular complexity index is 999. The van der Waals surface area contributed by atoms with Crippen LogP contribution in [0.2, 0.25) is 0 Å². The standard InChI is InChI=1S/C19H19N3O3S/c1-24-12-7-11(8-13(9-12)25-2)22-10-15(23)17(18(22)20)19-21-14-5-3-4-6-16(14)26-19/h3-8,10,12,23H,9,20H2,1-2H3. The number of anilines is 1. The molecule has 0 saturated carbocycles. The molecule has 1 aliphatic rings. The van der Waals surface area contributed by atoms with E-state index in [2.05, 4.69) is 4.98 Å². The Labute approximate surface area is 154 Å². The number of allylic oxidation sites excluding steroid dienone is 2. The molecule has 0 radical (unpaired) electrons. The molecule has 1 unspecified atom stereocenters. The van der Waals surface area contributed by atoms with Crippen LogP contribution < -0.4 is 5.73 Å². The third kappa shape index (κ3) is 2.75. The third-order valence-corrected chi connectivity index (χ3v) is 5.50. The van der Waals surface area contributed by atoms with Crippen LogP contribution in [0.15, 0.2) is 48.4 Å². The molecule has 0 saturated heterocycles. The number of nitrogens with zero attached hydrogens (tertiary/aromatic N) is 2. The van der Waals surface area contributed by atoms with E-state index in [4.69, 9.17) is 15.2 Å². The largest absolute Gasteiger partial charge is 0.506 e. The van der Waals surface area contributed by atoms with E-state index in [0.29, 0.717) is 22.8 Å². The van der Waals surface area contributed by atoms with Crippen molar-refractivity contribution >= 4 is 33.1 Å². The van der Waals surface area contributed by atoms with E-state index < -0.39 is 0 Å². The van der Waals surface area contributed by atoms with E-state index in [0.717, 1.165) is 21.7 Å². The molecule has 26 heavy (non-hydrogen) atoms. The highest BCUT2D eigenvalue weighted by molar-refractivity contribution is 7.21. The Morgan fingerprint density at radius 3 is 2.85 bits per heavy atom. The summed E-state index contributed by atoms with van der Waals surface area (Å²) in [6, 6.07) is 7.85. The molecule has 2 heterocycles. The minimum Gasteiger partial charge on any atom is -0.506 e. The number of nitrogen functional groups attached to an aromatic ring is 1. The SMILES string of the molecule is COC1=CC(n2cc(O)c(-c3nc4ccccc4s3)c2N)=CC(OC)C1. The molecule has 134 valence electrons. The van der Waals surface area contributed by atoms with Crippen LogP contribution in [-0.2, 0) is 9.47 Å². The molecule has 7 heteroatoms. The highest BCUT2D eigenvalue weighted by atomic mass is 32.1. The van der Waals surface area contributed by atoms with Crippen LogP contribution in [0, 0.1) is 0 Å². The Morgan fingerprint density at radius 1 is 1.31 bits per heavy atom. The van der Waals surface area contributed by atoms with Crippen molar-refractivity contribution in [2.24, 2.45) is 0 Å². The maximum Gasteiger partial charge on any atom is 0.146 e. The fraction of sp³-hybridized carbons (Fsp3) is 0.211. The quantitative estimate of drug-likeness (QED) is 0.730. The van der Waals surface area contributed by atoms with Gasteiger partial charge in [-0.05, 0) is 24.3 Å². The van der Waals surface area contributed by atoms with Gasteiger partial charge in [0.15, 0.2) is 0 Å². The zero-order valence-electron chi connectivity index (χ0n) is 14.5. The minimum atomic E-state index is -0.111. The summed E-state index contributed by atoms with van der Waals surface area (Å²) in [5.74, 6) is 1.31. The lowest BCUT2D eigenvalue weighted by Crippen LogP contribution is -2.15. The molecule has 0 amide bonds. The predicted molar refractivity (Wildman–Crippen MR) is 104 cm³/mol. The third-order valence-electron chi connectivity index (χ3n) is 4.44. The van der Waals surface area contributed by atoms with Gasteiger partial charge in [0.2, 0.25) is 0 Å². The first-order valence-corrected chi connectivity index (χ1v) is 8.97. The van der Waals surface area contributed by atoms with Crippen LogP contribution in [-0.4, -0.2) is 35.0 Å². The number of rotatable bonds is 4. The molecule has 0 spiro atoms. The number of hydrogen-bond donors (Lipinski definition) is 2. The summed E-state index contributed by atoms with van der Waals surface area (Å²) in [7, 11) is 3.28. The van der Waals surface area contributed by atoms with E-state index in [9.17, 15) is 5.11 Å². The molecule has 3 aromatic rings. The number of nitrogens with two attached hydrogens (primary N) is 1. The van der Waals surface area contributed by atoms with Crippen molar-refractivity contribution < 1.29 is 14.6 Å². The monoisotopic (exact) mass is 369 g/mol. The molecule has 2 aromatic heterocycles. The second-order valence-electron chi connectivity index (χ2n) is 6.02. The molecular weight excluding hydrogens is 350 g/mol. The lowest BCUT2D eigenvalue weighted by Gasteiger charge is -2.21. The molecule has 1 aromatic carbocycles. The van der Waals surface area contributed by atoms with Gasteiger partial charge in [0.1, 0.15) is 22.3 Å². The number of aromatic hydroxyl groups is 1. The maximum atomic E-state index is 10.5. The molecule has 4 rings (SSSR count). The van der Waals surface area contributed by atoms with Gasteiger partial charge in [0, 0.05) is 19.2 Å². The lowest BCUT2D eigenvalue weighted by atomic mass is 10.1. The number of ether oxygens (including phenoxy) is 2. The van der Waals surface area contributed by atoms with Crippen LogP contribution in [0.25, 0.3) is 26.5 Å². The van der Waals surface area contributed by atoms with E-state index in [1.165, 1.54) is 11.3 Å². The Balaban J connectivity index is 1.82. The Kier molecular flexibility index (Phi) is 4.18. The van der Waals surface area contributed by atoms with E-state index >= 15 is 0 Å². The average molecular weight is 369 g/mol. The smallest absolute Gasteiger partial charge is 0.146 e. The Hall–Kier alpha value is -2.77.